The first-order chi connectivity index (χ1) is 8.95. The van der Waals surface area contributed by atoms with Crippen LogP contribution in [0.5, 0.6) is 0 Å². The second-order valence-corrected chi connectivity index (χ2v) is 5.41. The summed E-state index contributed by atoms with van der Waals surface area (Å²) >= 11 is 3.43. The van der Waals surface area contributed by atoms with Crippen LogP contribution in [-0.4, -0.2) is 11.1 Å². The van der Waals surface area contributed by atoms with Gasteiger partial charge in [-0.2, -0.15) is 0 Å². The van der Waals surface area contributed by atoms with Gasteiger partial charge in [-0.1, -0.05) is 22.0 Å². The van der Waals surface area contributed by atoms with Crippen LogP contribution in [0.25, 0.3) is 0 Å². The van der Waals surface area contributed by atoms with Crippen LogP contribution in [0.3, 0.4) is 0 Å². The first kappa shape index (κ1) is 13.6. The van der Waals surface area contributed by atoms with Crippen molar-refractivity contribution in [3.8, 4) is 0 Å². The van der Waals surface area contributed by atoms with Gasteiger partial charge in [0.2, 0.25) is 0 Å². The summed E-state index contributed by atoms with van der Waals surface area (Å²) in [6.07, 6.45) is 0. The van der Waals surface area contributed by atoms with Gasteiger partial charge in [0.25, 0.3) is 0 Å². The van der Waals surface area contributed by atoms with Crippen molar-refractivity contribution in [2.24, 2.45) is 0 Å². The summed E-state index contributed by atoms with van der Waals surface area (Å²) in [6, 6.07) is 11.1. The number of anilines is 2. The quantitative estimate of drug-likeness (QED) is 0.875. The number of benzene rings is 2. The third kappa shape index (κ3) is 3.35. The molecule has 2 rings (SSSR count). The Labute approximate surface area is 120 Å². The number of nitrogens with one attached hydrogen (secondary N) is 1. The van der Waals surface area contributed by atoms with E-state index in [1.165, 1.54) is 0 Å². The number of hydrogen-bond donors (Lipinski definition) is 2. The molecule has 0 unspecified atom stereocenters. The Morgan fingerprint density at radius 1 is 1.11 bits per heavy atom. The number of carbonyl (C=O) groups is 1. The third-order valence-corrected chi connectivity index (χ3v) is 3.18. The minimum atomic E-state index is -0.936. The first-order valence-corrected chi connectivity index (χ1v) is 6.63. The molecule has 0 spiro atoms. The minimum absolute atomic E-state index is 0.267. The fraction of sp³-hybridized carbons (Fsp3) is 0.133. The molecular formula is C15H14BrNO2. The van der Waals surface area contributed by atoms with Gasteiger partial charge in [-0.3, -0.25) is 0 Å². The zero-order valence-electron chi connectivity index (χ0n) is 10.7. The Balaban J connectivity index is 2.42. The summed E-state index contributed by atoms with van der Waals surface area (Å²) in [5.41, 5.74) is 3.84. The highest BCUT2D eigenvalue weighted by Crippen LogP contribution is 2.25. The van der Waals surface area contributed by atoms with Gasteiger partial charge in [0.05, 0.1) is 11.3 Å². The van der Waals surface area contributed by atoms with Crippen LogP contribution in [0.2, 0.25) is 0 Å². The van der Waals surface area contributed by atoms with Crippen LogP contribution in [0.1, 0.15) is 21.5 Å². The van der Waals surface area contributed by atoms with E-state index >= 15 is 0 Å². The van der Waals surface area contributed by atoms with E-state index in [-0.39, 0.29) is 5.56 Å². The van der Waals surface area contributed by atoms with Gasteiger partial charge >= 0.3 is 5.97 Å². The second kappa shape index (κ2) is 5.45. The molecule has 0 aliphatic carbocycles. The maximum absolute atomic E-state index is 11.2. The molecule has 2 N–H and O–H groups in total. The van der Waals surface area contributed by atoms with Crippen molar-refractivity contribution in [2.75, 3.05) is 5.32 Å². The maximum Gasteiger partial charge on any atom is 0.337 e. The summed E-state index contributed by atoms with van der Waals surface area (Å²) in [7, 11) is 0. The Kier molecular flexibility index (Phi) is 3.90. The van der Waals surface area contributed by atoms with E-state index < -0.39 is 5.97 Å². The number of halogens is 1. The molecular weight excluding hydrogens is 306 g/mol. The van der Waals surface area contributed by atoms with Crippen LogP contribution >= 0.6 is 15.9 Å². The lowest BCUT2D eigenvalue weighted by Crippen LogP contribution is -2.03. The smallest absolute Gasteiger partial charge is 0.337 e. The Hall–Kier alpha value is -1.81. The summed E-state index contributed by atoms with van der Waals surface area (Å²) in [5, 5.41) is 12.4. The monoisotopic (exact) mass is 319 g/mol. The van der Waals surface area contributed by atoms with Gasteiger partial charge in [-0.25, -0.2) is 4.79 Å². The Bertz CT molecular complexity index is 618. The minimum Gasteiger partial charge on any atom is -0.478 e. The fourth-order valence-corrected chi connectivity index (χ4v) is 2.52. The van der Waals surface area contributed by atoms with Crippen molar-refractivity contribution in [1.82, 2.24) is 0 Å². The van der Waals surface area contributed by atoms with E-state index in [2.05, 4.69) is 21.2 Å². The molecule has 0 amide bonds. The molecule has 0 heterocycles. The molecule has 19 heavy (non-hydrogen) atoms. The molecule has 0 aliphatic heterocycles. The normalized spacial score (nSPS) is 10.3. The highest BCUT2D eigenvalue weighted by Gasteiger charge is 2.10. The summed E-state index contributed by atoms with van der Waals surface area (Å²) in [5.74, 6) is -0.936. The van der Waals surface area contributed by atoms with Crippen LogP contribution in [0, 0.1) is 13.8 Å². The molecule has 0 saturated heterocycles. The van der Waals surface area contributed by atoms with E-state index in [0.717, 1.165) is 21.3 Å². The number of carboxylic acids is 1. The largest absolute Gasteiger partial charge is 0.478 e. The molecule has 2 aromatic carbocycles. The van der Waals surface area contributed by atoms with Gasteiger partial charge in [0.1, 0.15) is 0 Å². The number of rotatable bonds is 3. The van der Waals surface area contributed by atoms with E-state index in [9.17, 15) is 9.90 Å². The summed E-state index contributed by atoms with van der Waals surface area (Å²) in [4.78, 5) is 11.2. The number of aromatic carboxylic acids is 1. The van der Waals surface area contributed by atoms with Crippen molar-refractivity contribution < 1.29 is 9.90 Å². The highest BCUT2D eigenvalue weighted by molar-refractivity contribution is 9.10. The number of hydrogen-bond acceptors (Lipinski definition) is 2. The van der Waals surface area contributed by atoms with E-state index in [4.69, 9.17) is 0 Å². The molecule has 0 aromatic heterocycles. The SMILES string of the molecule is Cc1cc(Br)cc(Nc2cc(C)ccc2C(=O)O)c1. The zero-order chi connectivity index (χ0) is 14.0. The average molecular weight is 320 g/mol. The summed E-state index contributed by atoms with van der Waals surface area (Å²) < 4.78 is 0.958. The maximum atomic E-state index is 11.2. The first-order valence-electron chi connectivity index (χ1n) is 5.84. The molecule has 0 saturated carbocycles. The second-order valence-electron chi connectivity index (χ2n) is 4.50. The Morgan fingerprint density at radius 2 is 1.84 bits per heavy atom. The molecule has 0 atom stereocenters. The van der Waals surface area contributed by atoms with Gasteiger partial charge in [-0.05, 0) is 55.3 Å². The highest BCUT2D eigenvalue weighted by atomic mass is 79.9. The molecule has 98 valence electrons. The lowest BCUT2D eigenvalue weighted by molar-refractivity contribution is 0.0698. The van der Waals surface area contributed by atoms with Crippen molar-refractivity contribution >= 4 is 33.3 Å². The molecule has 0 aliphatic rings. The topological polar surface area (TPSA) is 49.3 Å². The molecule has 3 nitrogen and oxygen atoms in total. The zero-order valence-corrected chi connectivity index (χ0v) is 12.3. The van der Waals surface area contributed by atoms with Crippen molar-refractivity contribution in [2.45, 2.75) is 13.8 Å². The van der Waals surface area contributed by atoms with E-state index in [1.807, 2.05) is 38.1 Å². The van der Waals surface area contributed by atoms with Gasteiger partial charge < -0.3 is 10.4 Å². The molecule has 0 fully saturated rings. The van der Waals surface area contributed by atoms with Crippen LogP contribution < -0.4 is 5.32 Å². The fourth-order valence-electron chi connectivity index (χ4n) is 1.91. The van der Waals surface area contributed by atoms with Crippen molar-refractivity contribution in [1.29, 1.82) is 0 Å². The number of carboxylic acid groups (broad SMARTS) is 1. The predicted octanol–water partition coefficient (Wildman–Crippen LogP) is 4.51. The Morgan fingerprint density at radius 3 is 2.47 bits per heavy atom. The molecule has 0 radical (unpaired) electrons. The van der Waals surface area contributed by atoms with Gasteiger partial charge in [-0.15, -0.1) is 0 Å². The molecule has 2 aromatic rings. The van der Waals surface area contributed by atoms with Crippen LogP contribution in [-0.2, 0) is 0 Å². The predicted molar refractivity (Wildman–Crippen MR) is 80.3 cm³/mol. The van der Waals surface area contributed by atoms with Crippen molar-refractivity contribution in [3.05, 3.63) is 57.6 Å². The van der Waals surface area contributed by atoms with E-state index in [0.29, 0.717) is 5.69 Å². The van der Waals surface area contributed by atoms with Gasteiger partial charge in [0.15, 0.2) is 0 Å². The number of aryl methyl sites for hydroxylation is 2. The average Bonchev–Trinajstić information content (AvgIpc) is 2.26. The molecule has 0 bridgehead atoms. The van der Waals surface area contributed by atoms with Gasteiger partial charge in [0, 0.05) is 10.2 Å². The lowest BCUT2D eigenvalue weighted by Gasteiger charge is -2.11. The standard InChI is InChI=1S/C15H14BrNO2/c1-9-3-4-13(15(18)19)14(7-9)17-12-6-10(2)5-11(16)8-12/h3-8,17H,1-2H3,(H,18,19). The summed E-state index contributed by atoms with van der Waals surface area (Å²) in [6.45, 7) is 3.92. The molecule has 4 heteroatoms. The van der Waals surface area contributed by atoms with Crippen LogP contribution in [0.4, 0.5) is 11.4 Å². The lowest BCUT2D eigenvalue weighted by atomic mass is 10.1. The third-order valence-electron chi connectivity index (χ3n) is 2.73. The van der Waals surface area contributed by atoms with E-state index in [1.54, 1.807) is 12.1 Å². The van der Waals surface area contributed by atoms with Crippen molar-refractivity contribution in [3.63, 3.8) is 0 Å². The van der Waals surface area contributed by atoms with Crippen LogP contribution in [0.15, 0.2) is 40.9 Å².